The standard InChI is InChI=1S/C16H20N6O2/c1-24-16(23)12-4-5-14(19-17-12)21-6-8-22(9-7-21)15-10-13(18-20-15)11-2-3-11/h4-5,10-11H,2-3,6-9H2,1H3,(H,18,20). The topological polar surface area (TPSA) is 87.2 Å². The minimum Gasteiger partial charge on any atom is -0.464 e. The van der Waals surface area contributed by atoms with Crippen LogP contribution in [0, 0.1) is 0 Å². The highest BCUT2D eigenvalue weighted by Crippen LogP contribution is 2.39. The predicted octanol–water partition coefficient (Wildman–Crippen LogP) is 1.19. The van der Waals surface area contributed by atoms with Crippen molar-refractivity contribution in [3.05, 3.63) is 29.6 Å². The molecule has 2 fully saturated rings. The molecule has 1 saturated heterocycles. The second kappa shape index (κ2) is 6.10. The van der Waals surface area contributed by atoms with Gasteiger partial charge < -0.3 is 14.5 Å². The molecule has 1 aliphatic heterocycles. The lowest BCUT2D eigenvalue weighted by atomic mass is 10.2. The van der Waals surface area contributed by atoms with E-state index in [-0.39, 0.29) is 5.69 Å². The van der Waals surface area contributed by atoms with E-state index >= 15 is 0 Å². The van der Waals surface area contributed by atoms with Crippen molar-refractivity contribution in [1.29, 1.82) is 0 Å². The predicted molar refractivity (Wildman–Crippen MR) is 88.4 cm³/mol. The van der Waals surface area contributed by atoms with E-state index in [0.29, 0.717) is 5.92 Å². The molecule has 0 atom stereocenters. The van der Waals surface area contributed by atoms with Crippen LogP contribution in [0.2, 0.25) is 0 Å². The number of nitrogens with zero attached hydrogens (tertiary/aromatic N) is 5. The van der Waals surface area contributed by atoms with Crippen LogP contribution in [-0.2, 0) is 4.74 Å². The zero-order chi connectivity index (χ0) is 16.5. The Morgan fingerprint density at radius 1 is 1.12 bits per heavy atom. The molecule has 2 aromatic rings. The van der Waals surface area contributed by atoms with Gasteiger partial charge in [0.1, 0.15) is 0 Å². The lowest BCUT2D eigenvalue weighted by Crippen LogP contribution is -2.47. The lowest BCUT2D eigenvalue weighted by molar-refractivity contribution is 0.0592. The van der Waals surface area contributed by atoms with Crippen LogP contribution in [0.1, 0.15) is 34.9 Å². The smallest absolute Gasteiger partial charge is 0.358 e. The number of rotatable bonds is 4. The van der Waals surface area contributed by atoms with Gasteiger partial charge in [0.05, 0.1) is 7.11 Å². The molecule has 1 saturated carbocycles. The van der Waals surface area contributed by atoms with E-state index in [9.17, 15) is 4.79 Å². The fourth-order valence-corrected chi connectivity index (χ4v) is 2.96. The molecule has 0 radical (unpaired) electrons. The van der Waals surface area contributed by atoms with Crippen LogP contribution in [0.3, 0.4) is 0 Å². The first kappa shape index (κ1) is 14.9. The van der Waals surface area contributed by atoms with Crippen molar-refractivity contribution in [3.63, 3.8) is 0 Å². The number of nitrogens with one attached hydrogen (secondary N) is 1. The number of anilines is 2. The molecule has 0 bridgehead atoms. The van der Waals surface area contributed by atoms with E-state index in [2.05, 4.69) is 41.0 Å². The molecular weight excluding hydrogens is 308 g/mol. The molecule has 24 heavy (non-hydrogen) atoms. The van der Waals surface area contributed by atoms with Crippen molar-refractivity contribution < 1.29 is 9.53 Å². The fourth-order valence-electron chi connectivity index (χ4n) is 2.96. The van der Waals surface area contributed by atoms with Crippen molar-refractivity contribution >= 4 is 17.6 Å². The fraction of sp³-hybridized carbons (Fsp3) is 0.500. The molecule has 126 valence electrons. The maximum Gasteiger partial charge on any atom is 0.358 e. The minimum absolute atomic E-state index is 0.226. The second-order valence-electron chi connectivity index (χ2n) is 6.20. The van der Waals surface area contributed by atoms with E-state index in [1.54, 1.807) is 6.07 Å². The van der Waals surface area contributed by atoms with Gasteiger partial charge in [0.15, 0.2) is 17.3 Å². The first-order valence-electron chi connectivity index (χ1n) is 8.22. The van der Waals surface area contributed by atoms with Gasteiger partial charge in [-0.25, -0.2) is 4.79 Å². The van der Waals surface area contributed by atoms with Gasteiger partial charge in [0, 0.05) is 43.9 Å². The molecule has 0 spiro atoms. The number of carbonyl (C=O) groups excluding carboxylic acids is 1. The quantitative estimate of drug-likeness (QED) is 0.844. The Hall–Kier alpha value is -2.64. The van der Waals surface area contributed by atoms with Crippen molar-refractivity contribution in [2.45, 2.75) is 18.8 Å². The Morgan fingerprint density at radius 3 is 2.42 bits per heavy atom. The van der Waals surface area contributed by atoms with Crippen LogP contribution in [0.5, 0.6) is 0 Å². The van der Waals surface area contributed by atoms with Gasteiger partial charge in [-0.05, 0) is 25.0 Å². The molecular formula is C16H20N6O2. The number of esters is 1. The molecule has 4 rings (SSSR count). The highest BCUT2D eigenvalue weighted by Gasteiger charge is 2.27. The summed E-state index contributed by atoms with van der Waals surface area (Å²) in [4.78, 5) is 15.9. The maximum atomic E-state index is 11.4. The van der Waals surface area contributed by atoms with Gasteiger partial charge in [-0.2, -0.15) is 5.10 Å². The molecule has 3 heterocycles. The van der Waals surface area contributed by atoms with E-state index in [1.165, 1.54) is 25.6 Å². The van der Waals surface area contributed by atoms with Crippen LogP contribution >= 0.6 is 0 Å². The van der Waals surface area contributed by atoms with E-state index < -0.39 is 5.97 Å². The first-order valence-corrected chi connectivity index (χ1v) is 8.22. The number of hydrogen-bond donors (Lipinski definition) is 1. The van der Waals surface area contributed by atoms with Crippen molar-refractivity contribution in [2.24, 2.45) is 0 Å². The molecule has 2 aliphatic rings. The van der Waals surface area contributed by atoms with Crippen LogP contribution in [-0.4, -0.2) is 59.7 Å². The highest BCUT2D eigenvalue weighted by molar-refractivity contribution is 5.86. The average molecular weight is 328 g/mol. The third-order valence-corrected chi connectivity index (χ3v) is 4.57. The number of piperazine rings is 1. The van der Waals surface area contributed by atoms with Gasteiger partial charge in [-0.3, -0.25) is 5.10 Å². The maximum absolute atomic E-state index is 11.4. The summed E-state index contributed by atoms with van der Waals surface area (Å²) in [5, 5.41) is 15.7. The van der Waals surface area contributed by atoms with Gasteiger partial charge in [-0.15, -0.1) is 10.2 Å². The van der Waals surface area contributed by atoms with E-state index in [1.807, 2.05) is 6.07 Å². The Kier molecular flexibility index (Phi) is 3.79. The summed E-state index contributed by atoms with van der Waals surface area (Å²) in [6, 6.07) is 5.64. The molecule has 2 aromatic heterocycles. The summed E-state index contributed by atoms with van der Waals surface area (Å²) in [7, 11) is 1.33. The monoisotopic (exact) mass is 328 g/mol. The SMILES string of the molecule is COC(=O)c1ccc(N2CCN(c3cc(C4CC4)[nH]n3)CC2)nn1. The molecule has 8 heteroatoms. The van der Waals surface area contributed by atoms with Crippen LogP contribution in [0.25, 0.3) is 0 Å². The zero-order valence-corrected chi connectivity index (χ0v) is 13.6. The summed E-state index contributed by atoms with van der Waals surface area (Å²) in [6.45, 7) is 3.46. The summed E-state index contributed by atoms with van der Waals surface area (Å²) in [6.07, 6.45) is 2.55. The Morgan fingerprint density at radius 2 is 1.83 bits per heavy atom. The summed E-state index contributed by atoms with van der Waals surface area (Å²) >= 11 is 0. The molecule has 0 aromatic carbocycles. The Bertz CT molecular complexity index is 716. The first-order chi connectivity index (χ1) is 11.7. The van der Waals surface area contributed by atoms with E-state index in [0.717, 1.165) is 37.8 Å². The molecule has 1 aliphatic carbocycles. The molecule has 8 nitrogen and oxygen atoms in total. The number of hydrogen-bond acceptors (Lipinski definition) is 7. The Labute approximate surface area is 139 Å². The number of ether oxygens (including phenoxy) is 1. The number of carbonyl (C=O) groups is 1. The number of H-pyrrole nitrogens is 1. The van der Waals surface area contributed by atoms with Crippen molar-refractivity contribution in [2.75, 3.05) is 43.1 Å². The minimum atomic E-state index is -0.469. The summed E-state index contributed by atoms with van der Waals surface area (Å²) in [5.74, 6) is 2.03. The third kappa shape index (κ3) is 2.91. The normalized spacial score (nSPS) is 17.9. The van der Waals surface area contributed by atoms with Crippen LogP contribution in [0.4, 0.5) is 11.6 Å². The van der Waals surface area contributed by atoms with Crippen molar-refractivity contribution in [1.82, 2.24) is 20.4 Å². The number of aromatic nitrogens is 4. The summed E-state index contributed by atoms with van der Waals surface area (Å²) < 4.78 is 4.64. The second-order valence-corrected chi connectivity index (χ2v) is 6.20. The average Bonchev–Trinajstić information content (AvgIpc) is 3.38. The van der Waals surface area contributed by atoms with Gasteiger partial charge in [0.25, 0.3) is 0 Å². The highest BCUT2D eigenvalue weighted by atomic mass is 16.5. The van der Waals surface area contributed by atoms with Gasteiger partial charge >= 0.3 is 5.97 Å². The van der Waals surface area contributed by atoms with Crippen LogP contribution < -0.4 is 9.80 Å². The van der Waals surface area contributed by atoms with Gasteiger partial charge in [-0.1, -0.05) is 0 Å². The Balaban J connectivity index is 1.37. The summed E-state index contributed by atoms with van der Waals surface area (Å²) in [5.41, 5.74) is 1.49. The van der Waals surface area contributed by atoms with E-state index in [4.69, 9.17) is 0 Å². The van der Waals surface area contributed by atoms with Crippen LogP contribution in [0.15, 0.2) is 18.2 Å². The third-order valence-electron chi connectivity index (χ3n) is 4.57. The largest absolute Gasteiger partial charge is 0.464 e. The molecule has 0 amide bonds. The number of aromatic amines is 1. The van der Waals surface area contributed by atoms with Crippen molar-refractivity contribution in [3.8, 4) is 0 Å². The zero-order valence-electron chi connectivity index (χ0n) is 13.6. The molecule has 1 N–H and O–H groups in total. The lowest BCUT2D eigenvalue weighted by Gasteiger charge is -2.35. The number of methoxy groups -OCH3 is 1. The molecule has 0 unspecified atom stereocenters. The van der Waals surface area contributed by atoms with Gasteiger partial charge in [0.2, 0.25) is 0 Å².